The lowest BCUT2D eigenvalue weighted by Crippen LogP contribution is -2.26. The molecule has 0 saturated carbocycles. The molecule has 2 aromatic carbocycles. The second-order valence-electron chi connectivity index (χ2n) is 8.14. The normalized spacial score (nSPS) is 11.9. The van der Waals surface area contributed by atoms with Crippen LogP contribution >= 0.6 is 0 Å². The van der Waals surface area contributed by atoms with E-state index in [1.807, 2.05) is 30.3 Å². The zero-order chi connectivity index (χ0) is 23.0. The number of fused-ring (bicyclic) bond motifs is 1. The zero-order valence-electron chi connectivity index (χ0n) is 19.2. The molecular weight excluding hydrogens is 412 g/mol. The fourth-order valence-electron chi connectivity index (χ4n) is 3.84. The third kappa shape index (κ3) is 5.58. The number of hydrogen-bond donors (Lipinski definition) is 1. The first-order valence-corrected chi connectivity index (χ1v) is 11.5. The van der Waals surface area contributed by atoms with E-state index in [2.05, 4.69) is 46.9 Å². The smallest absolute Gasteiger partial charge is 0.251 e. The van der Waals surface area contributed by atoms with Gasteiger partial charge < -0.3 is 14.6 Å². The first-order chi connectivity index (χ1) is 16.2. The van der Waals surface area contributed by atoms with Gasteiger partial charge in [0, 0.05) is 30.9 Å². The minimum atomic E-state index is -0.107. The van der Waals surface area contributed by atoms with Crippen molar-refractivity contribution in [2.75, 3.05) is 13.2 Å². The second-order valence-corrected chi connectivity index (χ2v) is 8.14. The van der Waals surface area contributed by atoms with E-state index in [1.165, 1.54) is 5.56 Å². The number of amides is 1. The summed E-state index contributed by atoms with van der Waals surface area (Å²) in [7, 11) is 0. The Bertz CT molecular complexity index is 1190. The SMILES string of the molecule is CCC(C)c1ccc(OCCn2c(CCNC(=O)c3ccncc3)nc3ccccc32)cc1. The highest BCUT2D eigenvalue weighted by molar-refractivity contribution is 5.93. The Morgan fingerprint density at radius 2 is 1.82 bits per heavy atom. The molecule has 2 aromatic heterocycles. The number of ether oxygens (including phenoxy) is 1. The van der Waals surface area contributed by atoms with E-state index in [-0.39, 0.29) is 5.91 Å². The molecule has 1 atom stereocenters. The van der Waals surface area contributed by atoms with E-state index in [0.29, 0.717) is 37.6 Å². The van der Waals surface area contributed by atoms with E-state index in [1.54, 1.807) is 24.5 Å². The number of nitrogens with zero attached hydrogens (tertiary/aromatic N) is 3. The van der Waals surface area contributed by atoms with Gasteiger partial charge in [0.15, 0.2) is 0 Å². The molecule has 4 aromatic rings. The Labute approximate surface area is 194 Å². The number of carbonyl (C=O) groups is 1. The van der Waals surface area contributed by atoms with Gasteiger partial charge in [0.1, 0.15) is 18.2 Å². The summed E-state index contributed by atoms with van der Waals surface area (Å²) in [5.74, 6) is 2.25. The lowest BCUT2D eigenvalue weighted by Gasteiger charge is -2.13. The van der Waals surface area contributed by atoms with Crippen molar-refractivity contribution >= 4 is 16.9 Å². The molecule has 0 aliphatic rings. The van der Waals surface area contributed by atoms with Crippen LogP contribution in [0, 0.1) is 0 Å². The summed E-state index contributed by atoms with van der Waals surface area (Å²) in [5, 5.41) is 2.97. The molecule has 4 rings (SSSR count). The maximum Gasteiger partial charge on any atom is 0.251 e. The monoisotopic (exact) mass is 442 g/mol. The van der Waals surface area contributed by atoms with E-state index in [0.717, 1.165) is 29.0 Å². The fourth-order valence-corrected chi connectivity index (χ4v) is 3.84. The van der Waals surface area contributed by atoms with Crippen LogP contribution in [0.5, 0.6) is 5.75 Å². The molecule has 0 saturated heterocycles. The van der Waals surface area contributed by atoms with Crippen LogP contribution in [0.25, 0.3) is 11.0 Å². The predicted molar refractivity (Wildman–Crippen MR) is 131 cm³/mol. The number of hydrogen-bond acceptors (Lipinski definition) is 4. The van der Waals surface area contributed by atoms with Crippen molar-refractivity contribution < 1.29 is 9.53 Å². The third-order valence-electron chi connectivity index (χ3n) is 5.96. The molecule has 170 valence electrons. The van der Waals surface area contributed by atoms with E-state index < -0.39 is 0 Å². The van der Waals surface area contributed by atoms with Crippen LogP contribution in [0.1, 0.15) is 47.9 Å². The van der Waals surface area contributed by atoms with Crippen molar-refractivity contribution in [3.05, 3.63) is 90.0 Å². The average Bonchev–Trinajstić information content (AvgIpc) is 3.21. The van der Waals surface area contributed by atoms with E-state index in [4.69, 9.17) is 9.72 Å². The molecule has 0 radical (unpaired) electrons. The molecular formula is C27H30N4O2. The van der Waals surface area contributed by atoms with Gasteiger partial charge in [-0.05, 0) is 54.3 Å². The molecule has 0 aliphatic carbocycles. The Hall–Kier alpha value is -3.67. The van der Waals surface area contributed by atoms with Crippen LogP contribution in [-0.4, -0.2) is 33.6 Å². The van der Waals surface area contributed by atoms with Crippen molar-refractivity contribution in [1.29, 1.82) is 0 Å². The maximum absolute atomic E-state index is 12.3. The van der Waals surface area contributed by atoms with Gasteiger partial charge in [0.25, 0.3) is 5.91 Å². The van der Waals surface area contributed by atoms with Gasteiger partial charge in [-0.3, -0.25) is 9.78 Å². The Morgan fingerprint density at radius 3 is 2.58 bits per heavy atom. The maximum atomic E-state index is 12.3. The summed E-state index contributed by atoms with van der Waals surface area (Å²) in [4.78, 5) is 21.1. The Kier molecular flexibility index (Phi) is 7.35. The van der Waals surface area contributed by atoms with Gasteiger partial charge in [-0.15, -0.1) is 0 Å². The zero-order valence-corrected chi connectivity index (χ0v) is 19.2. The Morgan fingerprint density at radius 1 is 1.06 bits per heavy atom. The summed E-state index contributed by atoms with van der Waals surface area (Å²) < 4.78 is 8.21. The number of para-hydroxylation sites is 2. The largest absolute Gasteiger partial charge is 0.492 e. The summed E-state index contributed by atoms with van der Waals surface area (Å²) in [6.45, 7) is 6.16. The van der Waals surface area contributed by atoms with Crippen molar-refractivity contribution in [2.45, 2.75) is 39.2 Å². The average molecular weight is 443 g/mol. The minimum Gasteiger partial charge on any atom is -0.492 e. The summed E-state index contributed by atoms with van der Waals surface area (Å²) >= 11 is 0. The highest BCUT2D eigenvalue weighted by atomic mass is 16.5. The van der Waals surface area contributed by atoms with Gasteiger partial charge in [-0.25, -0.2) is 4.98 Å². The molecule has 0 spiro atoms. The Balaban J connectivity index is 1.39. The molecule has 0 fully saturated rings. The predicted octanol–water partition coefficient (Wildman–Crippen LogP) is 5.00. The van der Waals surface area contributed by atoms with E-state index >= 15 is 0 Å². The molecule has 1 amide bonds. The van der Waals surface area contributed by atoms with Crippen LogP contribution in [0.15, 0.2) is 73.1 Å². The van der Waals surface area contributed by atoms with Crippen LogP contribution in [-0.2, 0) is 13.0 Å². The van der Waals surface area contributed by atoms with Crippen molar-refractivity contribution in [1.82, 2.24) is 19.9 Å². The highest BCUT2D eigenvalue weighted by Crippen LogP contribution is 2.22. The lowest BCUT2D eigenvalue weighted by atomic mass is 9.99. The number of benzene rings is 2. The molecule has 1 unspecified atom stereocenters. The van der Waals surface area contributed by atoms with Gasteiger partial charge in [0.2, 0.25) is 0 Å². The summed E-state index contributed by atoms with van der Waals surface area (Å²) in [6.07, 6.45) is 4.99. The van der Waals surface area contributed by atoms with E-state index in [9.17, 15) is 4.79 Å². The number of pyridine rings is 1. The first kappa shape index (κ1) is 22.5. The number of aromatic nitrogens is 3. The minimum absolute atomic E-state index is 0.107. The second kappa shape index (κ2) is 10.8. The number of nitrogens with one attached hydrogen (secondary N) is 1. The van der Waals surface area contributed by atoms with Gasteiger partial charge in [-0.2, -0.15) is 0 Å². The quantitative estimate of drug-likeness (QED) is 0.375. The van der Waals surface area contributed by atoms with Crippen molar-refractivity contribution in [3.63, 3.8) is 0 Å². The lowest BCUT2D eigenvalue weighted by molar-refractivity contribution is 0.0953. The summed E-state index contributed by atoms with van der Waals surface area (Å²) in [6, 6.07) is 19.9. The number of rotatable bonds is 10. The van der Waals surface area contributed by atoms with Gasteiger partial charge >= 0.3 is 0 Å². The van der Waals surface area contributed by atoms with Crippen LogP contribution < -0.4 is 10.1 Å². The molecule has 2 heterocycles. The van der Waals surface area contributed by atoms with Crippen molar-refractivity contribution in [2.24, 2.45) is 0 Å². The standard InChI is InChI=1S/C27H30N4O2/c1-3-20(2)21-8-10-23(11-9-21)33-19-18-31-25-7-5-4-6-24(25)30-26(31)14-17-29-27(32)22-12-15-28-16-13-22/h4-13,15-16,20H,3,14,17-19H2,1-2H3,(H,29,32). The fraction of sp³-hybridized carbons (Fsp3) is 0.296. The third-order valence-corrected chi connectivity index (χ3v) is 5.96. The molecule has 0 bridgehead atoms. The molecule has 0 aliphatic heterocycles. The highest BCUT2D eigenvalue weighted by Gasteiger charge is 2.12. The summed E-state index contributed by atoms with van der Waals surface area (Å²) in [5.41, 5.74) is 3.96. The molecule has 6 heteroatoms. The molecule has 33 heavy (non-hydrogen) atoms. The first-order valence-electron chi connectivity index (χ1n) is 11.5. The molecule has 6 nitrogen and oxygen atoms in total. The molecule has 1 N–H and O–H groups in total. The topological polar surface area (TPSA) is 69.0 Å². The number of imidazole rings is 1. The van der Waals surface area contributed by atoms with Gasteiger partial charge in [-0.1, -0.05) is 38.1 Å². The van der Waals surface area contributed by atoms with Crippen molar-refractivity contribution in [3.8, 4) is 5.75 Å². The van der Waals surface area contributed by atoms with Crippen LogP contribution in [0.3, 0.4) is 0 Å². The van der Waals surface area contributed by atoms with Crippen LogP contribution in [0.2, 0.25) is 0 Å². The van der Waals surface area contributed by atoms with Crippen LogP contribution in [0.4, 0.5) is 0 Å². The van der Waals surface area contributed by atoms with Gasteiger partial charge in [0.05, 0.1) is 17.6 Å². The number of carbonyl (C=O) groups excluding carboxylic acids is 1.